The van der Waals surface area contributed by atoms with Crippen LogP contribution in [0.1, 0.15) is 33.1 Å². The molecule has 0 amide bonds. The number of rotatable bonds is 3. The molecule has 0 saturated heterocycles. The summed E-state index contributed by atoms with van der Waals surface area (Å²) >= 11 is 0. The van der Waals surface area contributed by atoms with Gasteiger partial charge in [-0.2, -0.15) is 17.4 Å². The van der Waals surface area contributed by atoms with Crippen LogP contribution in [0.3, 0.4) is 0 Å². The minimum atomic E-state index is -3.25. The Morgan fingerprint density at radius 1 is 1.36 bits per heavy atom. The summed E-state index contributed by atoms with van der Waals surface area (Å²) in [6.07, 6.45) is 2.97. The highest BCUT2D eigenvalue weighted by Crippen LogP contribution is 2.37. The van der Waals surface area contributed by atoms with E-state index in [0.717, 1.165) is 19.3 Å². The summed E-state index contributed by atoms with van der Waals surface area (Å²) in [5, 5.41) is 0. The third-order valence-electron chi connectivity index (χ3n) is 2.76. The Labute approximate surface area is 86.9 Å². The quantitative estimate of drug-likeness (QED) is 0.770. The molecule has 0 aromatic carbocycles. The maximum Gasteiger partial charge on any atom is 0.279 e. The lowest BCUT2D eigenvalue weighted by atomic mass is 9.92. The number of hydrogen-bond donors (Lipinski definition) is 1. The Bertz CT molecular complexity index is 296. The molecule has 1 aliphatic carbocycles. The van der Waals surface area contributed by atoms with Crippen molar-refractivity contribution in [2.75, 3.05) is 14.1 Å². The highest BCUT2D eigenvalue weighted by molar-refractivity contribution is 7.87. The summed E-state index contributed by atoms with van der Waals surface area (Å²) in [6.45, 7) is 4.36. The molecule has 14 heavy (non-hydrogen) atoms. The highest BCUT2D eigenvalue weighted by atomic mass is 32.2. The second kappa shape index (κ2) is 3.79. The van der Waals surface area contributed by atoms with Crippen molar-refractivity contribution in [3.8, 4) is 0 Å². The molecule has 0 bridgehead atoms. The van der Waals surface area contributed by atoms with Crippen molar-refractivity contribution in [3.05, 3.63) is 0 Å². The van der Waals surface area contributed by atoms with E-state index in [0.29, 0.717) is 0 Å². The Kier molecular flexibility index (Phi) is 3.23. The second-order valence-electron chi connectivity index (χ2n) is 5.01. The molecule has 1 rings (SSSR count). The first kappa shape index (κ1) is 11.9. The zero-order valence-corrected chi connectivity index (χ0v) is 10.2. The van der Waals surface area contributed by atoms with E-state index in [1.807, 2.05) is 0 Å². The van der Waals surface area contributed by atoms with Crippen LogP contribution >= 0.6 is 0 Å². The van der Waals surface area contributed by atoms with Crippen molar-refractivity contribution in [1.82, 2.24) is 9.03 Å². The predicted molar refractivity (Wildman–Crippen MR) is 57.2 cm³/mol. The number of nitrogens with one attached hydrogen (secondary N) is 1. The normalized spacial score (nSPS) is 27.1. The molecular weight excluding hydrogens is 200 g/mol. The molecule has 84 valence electrons. The van der Waals surface area contributed by atoms with Gasteiger partial charge < -0.3 is 0 Å². The van der Waals surface area contributed by atoms with Crippen LogP contribution in [0.25, 0.3) is 0 Å². The summed E-state index contributed by atoms with van der Waals surface area (Å²) in [5.41, 5.74) is 0.277. The van der Waals surface area contributed by atoms with E-state index < -0.39 is 10.2 Å². The van der Waals surface area contributed by atoms with Gasteiger partial charge in [-0.25, -0.2) is 0 Å². The molecular formula is C9H20N2O2S. The minimum absolute atomic E-state index is 0.109. The first-order valence-electron chi connectivity index (χ1n) is 4.93. The van der Waals surface area contributed by atoms with Gasteiger partial charge in [0, 0.05) is 20.1 Å². The Balaban J connectivity index is 2.56. The molecule has 0 aliphatic heterocycles. The molecule has 1 unspecified atom stereocenters. The maximum absolute atomic E-state index is 11.5. The maximum atomic E-state index is 11.5. The fourth-order valence-electron chi connectivity index (χ4n) is 1.85. The summed E-state index contributed by atoms with van der Waals surface area (Å²) in [6, 6.07) is 0.109. The predicted octanol–water partition coefficient (Wildman–Crippen LogP) is 0.961. The molecule has 1 atom stereocenters. The van der Waals surface area contributed by atoms with E-state index in [1.165, 1.54) is 4.31 Å². The van der Waals surface area contributed by atoms with Crippen molar-refractivity contribution in [2.45, 2.75) is 39.2 Å². The van der Waals surface area contributed by atoms with Gasteiger partial charge in [-0.3, -0.25) is 0 Å². The van der Waals surface area contributed by atoms with Gasteiger partial charge in [-0.15, -0.1) is 0 Å². The molecule has 4 nitrogen and oxygen atoms in total. The first-order chi connectivity index (χ1) is 6.23. The fraction of sp³-hybridized carbons (Fsp3) is 1.00. The van der Waals surface area contributed by atoms with Gasteiger partial charge in [0.25, 0.3) is 10.2 Å². The SMILES string of the molecule is CN(C)S(=O)(=O)NC1CCC(C)(C)C1. The lowest BCUT2D eigenvalue weighted by Gasteiger charge is -2.19. The molecule has 0 radical (unpaired) electrons. The van der Waals surface area contributed by atoms with Gasteiger partial charge in [-0.05, 0) is 24.7 Å². The zero-order valence-electron chi connectivity index (χ0n) is 9.37. The van der Waals surface area contributed by atoms with Gasteiger partial charge >= 0.3 is 0 Å². The van der Waals surface area contributed by atoms with Crippen LogP contribution in [0.2, 0.25) is 0 Å². The standard InChI is InChI=1S/C9H20N2O2S/c1-9(2)6-5-8(7-9)10-14(12,13)11(3)4/h8,10H,5-7H2,1-4H3. The summed E-state index contributed by atoms with van der Waals surface area (Å²) in [7, 11) is -0.160. The van der Waals surface area contributed by atoms with Crippen LogP contribution in [-0.4, -0.2) is 32.9 Å². The zero-order chi connectivity index (χ0) is 11.0. The van der Waals surface area contributed by atoms with Crippen LogP contribution in [0.15, 0.2) is 0 Å². The fourth-order valence-corrected chi connectivity index (χ4v) is 2.69. The molecule has 1 aliphatic rings. The van der Waals surface area contributed by atoms with Crippen molar-refractivity contribution in [2.24, 2.45) is 5.41 Å². The first-order valence-corrected chi connectivity index (χ1v) is 6.37. The Morgan fingerprint density at radius 3 is 2.29 bits per heavy atom. The van der Waals surface area contributed by atoms with E-state index in [2.05, 4.69) is 18.6 Å². The summed E-state index contributed by atoms with van der Waals surface area (Å²) < 4.78 is 27.0. The van der Waals surface area contributed by atoms with Crippen LogP contribution in [0, 0.1) is 5.41 Å². The number of nitrogens with zero attached hydrogens (tertiary/aromatic N) is 1. The van der Waals surface area contributed by atoms with E-state index >= 15 is 0 Å². The van der Waals surface area contributed by atoms with Crippen LogP contribution in [0.4, 0.5) is 0 Å². The van der Waals surface area contributed by atoms with Gasteiger partial charge in [0.05, 0.1) is 0 Å². The molecule has 0 aromatic rings. The largest absolute Gasteiger partial charge is 0.279 e. The van der Waals surface area contributed by atoms with Crippen LogP contribution < -0.4 is 4.72 Å². The average molecular weight is 220 g/mol. The number of hydrogen-bond acceptors (Lipinski definition) is 2. The summed E-state index contributed by atoms with van der Waals surface area (Å²) in [4.78, 5) is 0. The lowest BCUT2D eigenvalue weighted by molar-refractivity contribution is 0.371. The van der Waals surface area contributed by atoms with Crippen molar-refractivity contribution < 1.29 is 8.42 Å². The lowest BCUT2D eigenvalue weighted by Crippen LogP contribution is -2.41. The molecule has 0 aromatic heterocycles. The summed E-state index contributed by atoms with van der Waals surface area (Å²) in [5.74, 6) is 0. The third kappa shape index (κ3) is 2.93. The highest BCUT2D eigenvalue weighted by Gasteiger charge is 2.33. The third-order valence-corrected chi connectivity index (χ3v) is 4.36. The van der Waals surface area contributed by atoms with E-state index in [-0.39, 0.29) is 11.5 Å². The molecule has 1 fully saturated rings. The topological polar surface area (TPSA) is 49.4 Å². The molecule has 0 spiro atoms. The van der Waals surface area contributed by atoms with Gasteiger partial charge in [0.2, 0.25) is 0 Å². The van der Waals surface area contributed by atoms with Crippen LogP contribution in [0.5, 0.6) is 0 Å². The molecule has 1 saturated carbocycles. The Hall–Kier alpha value is -0.130. The monoisotopic (exact) mass is 220 g/mol. The van der Waals surface area contributed by atoms with Crippen molar-refractivity contribution in [1.29, 1.82) is 0 Å². The van der Waals surface area contributed by atoms with E-state index in [1.54, 1.807) is 14.1 Å². The van der Waals surface area contributed by atoms with Crippen LogP contribution in [-0.2, 0) is 10.2 Å². The second-order valence-corrected chi connectivity index (χ2v) is 6.93. The minimum Gasteiger partial charge on any atom is -0.199 e. The van der Waals surface area contributed by atoms with Gasteiger partial charge in [0.1, 0.15) is 0 Å². The molecule has 1 N–H and O–H groups in total. The van der Waals surface area contributed by atoms with Gasteiger partial charge in [0.15, 0.2) is 0 Å². The smallest absolute Gasteiger partial charge is 0.199 e. The Morgan fingerprint density at radius 2 is 1.93 bits per heavy atom. The van der Waals surface area contributed by atoms with Crippen molar-refractivity contribution >= 4 is 10.2 Å². The van der Waals surface area contributed by atoms with E-state index in [9.17, 15) is 8.42 Å². The van der Waals surface area contributed by atoms with Gasteiger partial charge in [-0.1, -0.05) is 13.8 Å². The van der Waals surface area contributed by atoms with E-state index in [4.69, 9.17) is 0 Å². The van der Waals surface area contributed by atoms with Crippen molar-refractivity contribution in [3.63, 3.8) is 0 Å². The average Bonchev–Trinajstić information content (AvgIpc) is 2.28. The molecule has 5 heteroatoms. The molecule has 0 heterocycles.